The van der Waals surface area contributed by atoms with Gasteiger partial charge in [-0.05, 0) is 48.6 Å². The van der Waals surface area contributed by atoms with Crippen molar-refractivity contribution in [1.82, 2.24) is 0 Å². The second-order valence-electron chi connectivity index (χ2n) is 5.47. The molecular weight excluding hydrogens is 262 g/mol. The van der Waals surface area contributed by atoms with Gasteiger partial charge in [0.1, 0.15) is 0 Å². The Morgan fingerprint density at radius 2 is 1.95 bits per heavy atom. The maximum Gasteiger partial charge on any atom is 0.335 e. The van der Waals surface area contributed by atoms with Crippen LogP contribution in [0.15, 0.2) is 48.5 Å². The van der Waals surface area contributed by atoms with Crippen molar-refractivity contribution in [1.29, 1.82) is 0 Å². The lowest BCUT2D eigenvalue weighted by atomic mass is 9.98. The van der Waals surface area contributed by atoms with Crippen LogP contribution in [-0.2, 0) is 12.8 Å². The Hall–Kier alpha value is -2.29. The number of hydrogen-bond donors (Lipinski definition) is 1. The minimum absolute atomic E-state index is 0.388. The molecule has 0 fully saturated rings. The lowest BCUT2D eigenvalue weighted by molar-refractivity contribution is 0.0697. The Balaban J connectivity index is 1.76. The summed E-state index contributed by atoms with van der Waals surface area (Å²) in [4.78, 5) is 13.4. The molecule has 3 heteroatoms. The summed E-state index contributed by atoms with van der Waals surface area (Å²) < 4.78 is 0. The maximum absolute atomic E-state index is 11.1. The number of aromatic carboxylic acids is 1. The SMILES string of the molecule is O=C(O)c1ccc2c(c1)CCCN2CCc1ccccc1. The number of nitrogens with zero attached hydrogens (tertiary/aromatic N) is 1. The molecule has 0 spiro atoms. The van der Waals surface area contributed by atoms with Crippen molar-refractivity contribution in [3.05, 3.63) is 65.2 Å². The fraction of sp³-hybridized carbons (Fsp3) is 0.278. The highest BCUT2D eigenvalue weighted by molar-refractivity contribution is 5.88. The topological polar surface area (TPSA) is 40.5 Å². The summed E-state index contributed by atoms with van der Waals surface area (Å²) in [6.45, 7) is 2.02. The molecule has 0 saturated heterocycles. The number of hydrogen-bond acceptors (Lipinski definition) is 2. The van der Waals surface area contributed by atoms with E-state index in [0.29, 0.717) is 5.56 Å². The average Bonchev–Trinajstić information content (AvgIpc) is 2.53. The molecule has 0 saturated carbocycles. The van der Waals surface area contributed by atoms with Gasteiger partial charge in [-0.3, -0.25) is 0 Å². The summed E-state index contributed by atoms with van der Waals surface area (Å²) in [7, 11) is 0. The Morgan fingerprint density at radius 1 is 1.14 bits per heavy atom. The van der Waals surface area contributed by atoms with Gasteiger partial charge >= 0.3 is 5.97 Å². The lowest BCUT2D eigenvalue weighted by Crippen LogP contribution is -2.31. The fourth-order valence-corrected chi connectivity index (χ4v) is 2.95. The minimum atomic E-state index is -0.848. The molecule has 2 aromatic carbocycles. The summed E-state index contributed by atoms with van der Waals surface area (Å²) >= 11 is 0. The summed E-state index contributed by atoms with van der Waals surface area (Å²) in [5.74, 6) is -0.848. The third kappa shape index (κ3) is 3.07. The Kier molecular flexibility index (Phi) is 3.91. The van der Waals surface area contributed by atoms with E-state index in [2.05, 4.69) is 29.2 Å². The van der Waals surface area contributed by atoms with Crippen LogP contribution in [0.2, 0.25) is 0 Å². The summed E-state index contributed by atoms with van der Waals surface area (Å²) in [5, 5.41) is 9.09. The standard InChI is InChI=1S/C18H19NO2/c20-18(21)16-8-9-17-15(13-16)7-4-11-19(17)12-10-14-5-2-1-3-6-14/h1-3,5-6,8-9,13H,4,7,10-12H2,(H,20,21). The number of rotatable bonds is 4. The molecule has 0 atom stereocenters. The summed E-state index contributed by atoms with van der Waals surface area (Å²) in [6.07, 6.45) is 3.07. The van der Waals surface area contributed by atoms with Crippen LogP contribution < -0.4 is 4.90 Å². The van der Waals surface area contributed by atoms with Gasteiger partial charge < -0.3 is 10.0 Å². The first-order chi connectivity index (χ1) is 10.2. The first-order valence-electron chi connectivity index (χ1n) is 7.39. The molecule has 0 unspecified atom stereocenters. The van der Waals surface area contributed by atoms with Crippen LogP contribution in [0.5, 0.6) is 0 Å². The molecule has 1 aliphatic rings. The van der Waals surface area contributed by atoms with E-state index in [9.17, 15) is 4.79 Å². The summed E-state index contributed by atoms with van der Waals surface area (Å²) in [6, 6.07) is 16.0. The largest absolute Gasteiger partial charge is 0.478 e. The van der Waals surface area contributed by atoms with E-state index in [1.165, 1.54) is 11.3 Å². The van der Waals surface area contributed by atoms with E-state index in [0.717, 1.165) is 37.9 Å². The van der Waals surface area contributed by atoms with Gasteiger partial charge in [0.15, 0.2) is 0 Å². The van der Waals surface area contributed by atoms with Gasteiger partial charge in [0.25, 0.3) is 0 Å². The predicted octanol–water partition coefficient (Wildman–Crippen LogP) is 3.38. The van der Waals surface area contributed by atoms with Crippen molar-refractivity contribution in [3.63, 3.8) is 0 Å². The quantitative estimate of drug-likeness (QED) is 0.934. The van der Waals surface area contributed by atoms with E-state index < -0.39 is 5.97 Å². The molecule has 0 radical (unpaired) electrons. The van der Waals surface area contributed by atoms with Crippen LogP contribution in [0.3, 0.4) is 0 Å². The van der Waals surface area contributed by atoms with E-state index in [1.54, 1.807) is 6.07 Å². The molecule has 3 nitrogen and oxygen atoms in total. The van der Waals surface area contributed by atoms with Crippen molar-refractivity contribution >= 4 is 11.7 Å². The van der Waals surface area contributed by atoms with Crippen molar-refractivity contribution in [3.8, 4) is 0 Å². The Bertz CT molecular complexity index is 637. The van der Waals surface area contributed by atoms with Gasteiger partial charge in [-0.2, -0.15) is 0 Å². The van der Waals surface area contributed by atoms with Crippen molar-refractivity contribution in [2.75, 3.05) is 18.0 Å². The monoisotopic (exact) mass is 281 g/mol. The van der Waals surface area contributed by atoms with E-state index in [1.807, 2.05) is 18.2 Å². The zero-order valence-corrected chi connectivity index (χ0v) is 12.0. The third-order valence-electron chi connectivity index (χ3n) is 4.05. The van der Waals surface area contributed by atoms with Gasteiger partial charge in [-0.25, -0.2) is 4.79 Å². The second-order valence-corrected chi connectivity index (χ2v) is 5.47. The van der Waals surface area contributed by atoms with Crippen molar-refractivity contribution < 1.29 is 9.90 Å². The molecule has 1 aliphatic heterocycles. The first kappa shape index (κ1) is 13.7. The van der Waals surface area contributed by atoms with Crippen LogP contribution in [0, 0.1) is 0 Å². The molecule has 3 rings (SSSR count). The van der Waals surface area contributed by atoms with Crippen molar-refractivity contribution in [2.24, 2.45) is 0 Å². The molecule has 21 heavy (non-hydrogen) atoms. The number of aryl methyl sites for hydroxylation is 1. The van der Waals surface area contributed by atoms with Crippen LogP contribution in [0.25, 0.3) is 0 Å². The number of anilines is 1. The minimum Gasteiger partial charge on any atom is -0.478 e. The van der Waals surface area contributed by atoms with E-state index in [4.69, 9.17) is 5.11 Å². The van der Waals surface area contributed by atoms with E-state index >= 15 is 0 Å². The van der Waals surface area contributed by atoms with Gasteiger partial charge in [0.05, 0.1) is 5.56 Å². The van der Waals surface area contributed by atoms with Crippen molar-refractivity contribution in [2.45, 2.75) is 19.3 Å². The zero-order valence-electron chi connectivity index (χ0n) is 12.0. The fourth-order valence-electron chi connectivity index (χ4n) is 2.95. The normalized spacial score (nSPS) is 13.8. The number of carboxylic acids is 1. The van der Waals surface area contributed by atoms with Gasteiger partial charge in [0.2, 0.25) is 0 Å². The molecule has 1 N–H and O–H groups in total. The molecular formula is C18H19NO2. The van der Waals surface area contributed by atoms with Gasteiger partial charge in [-0.15, -0.1) is 0 Å². The van der Waals surface area contributed by atoms with Gasteiger partial charge in [-0.1, -0.05) is 30.3 Å². The average molecular weight is 281 g/mol. The molecule has 0 amide bonds. The molecule has 2 aromatic rings. The Morgan fingerprint density at radius 3 is 2.71 bits per heavy atom. The highest BCUT2D eigenvalue weighted by Crippen LogP contribution is 2.28. The zero-order chi connectivity index (χ0) is 14.7. The maximum atomic E-state index is 11.1. The highest BCUT2D eigenvalue weighted by atomic mass is 16.4. The van der Waals surface area contributed by atoms with Crippen LogP contribution >= 0.6 is 0 Å². The molecule has 0 aromatic heterocycles. The predicted molar refractivity (Wildman–Crippen MR) is 84.1 cm³/mol. The number of carbonyl (C=O) groups is 1. The second kappa shape index (κ2) is 6.00. The number of benzene rings is 2. The molecule has 0 aliphatic carbocycles. The van der Waals surface area contributed by atoms with Crippen LogP contribution in [-0.4, -0.2) is 24.2 Å². The van der Waals surface area contributed by atoms with E-state index in [-0.39, 0.29) is 0 Å². The van der Waals surface area contributed by atoms with Gasteiger partial charge in [0, 0.05) is 18.8 Å². The molecule has 108 valence electrons. The van der Waals surface area contributed by atoms with Crippen LogP contribution in [0.4, 0.5) is 5.69 Å². The number of fused-ring (bicyclic) bond motifs is 1. The molecule has 0 bridgehead atoms. The molecule has 1 heterocycles. The lowest BCUT2D eigenvalue weighted by Gasteiger charge is -2.31. The first-order valence-corrected chi connectivity index (χ1v) is 7.39. The number of carboxylic acid groups (broad SMARTS) is 1. The Labute approximate surface area is 124 Å². The summed E-state index contributed by atoms with van der Waals surface area (Å²) in [5.41, 5.74) is 4.09. The smallest absolute Gasteiger partial charge is 0.335 e. The third-order valence-corrected chi connectivity index (χ3v) is 4.05. The highest BCUT2D eigenvalue weighted by Gasteiger charge is 2.18. The van der Waals surface area contributed by atoms with Crippen LogP contribution in [0.1, 0.15) is 27.9 Å².